The van der Waals surface area contributed by atoms with E-state index in [2.05, 4.69) is 10.2 Å². The first-order valence-corrected chi connectivity index (χ1v) is 7.67. The summed E-state index contributed by atoms with van der Waals surface area (Å²) in [5.41, 5.74) is -1.93. The summed E-state index contributed by atoms with van der Waals surface area (Å²) >= 11 is 0. The molecule has 0 aliphatic heterocycles. The highest BCUT2D eigenvalue weighted by atomic mass is 32.2. The minimum absolute atomic E-state index is 0.0759. The Bertz CT molecular complexity index is 776. The van der Waals surface area contributed by atoms with E-state index in [-0.39, 0.29) is 10.9 Å². The lowest BCUT2D eigenvalue weighted by molar-refractivity contribution is -0.140. The van der Waals surface area contributed by atoms with Crippen molar-refractivity contribution in [1.82, 2.24) is 19.6 Å². The van der Waals surface area contributed by atoms with Crippen molar-refractivity contribution in [3.8, 4) is 0 Å². The highest BCUT2D eigenvalue weighted by molar-refractivity contribution is 7.92. The predicted octanol–water partition coefficient (Wildman–Crippen LogP) is 2.02. The Morgan fingerprint density at radius 2 is 1.91 bits per heavy atom. The van der Waals surface area contributed by atoms with Crippen LogP contribution in [-0.2, 0) is 23.2 Å². The van der Waals surface area contributed by atoms with Crippen LogP contribution in [0.15, 0.2) is 23.5 Å². The van der Waals surface area contributed by atoms with Gasteiger partial charge in [-0.3, -0.25) is 14.1 Å². The first-order valence-electron chi connectivity index (χ1n) is 6.18. The van der Waals surface area contributed by atoms with Crippen molar-refractivity contribution in [2.24, 2.45) is 7.05 Å². The molecule has 0 amide bonds. The molecule has 0 aromatic carbocycles. The molecule has 122 valence electrons. The van der Waals surface area contributed by atoms with Crippen molar-refractivity contribution in [3.05, 3.63) is 24.3 Å². The summed E-state index contributed by atoms with van der Waals surface area (Å²) in [5.74, 6) is 0. The molecule has 2 aromatic heterocycles. The summed E-state index contributed by atoms with van der Waals surface area (Å²) in [6, 6.07) is -0.0759. The van der Waals surface area contributed by atoms with Crippen molar-refractivity contribution >= 4 is 15.7 Å². The zero-order chi connectivity index (χ0) is 16.7. The third-order valence-electron chi connectivity index (χ3n) is 2.76. The summed E-state index contributed by atoms with van der Waals surface area (Å²) in [5, 5.41) is 7.09. The van der Waals surface area contributed by atoms with Crippen LogP contribution in [0.4, 0.5) is 18.9 Å². The Hall–Kier alpha value is -2.04. The molecule has 22 heavy (non-hydrogen) atoms. The minimum Gasteiger partial charge on any atom is -0.276 e. The first kappa shape index (κ1) is 16.3. The van der Waals surface area contributed by atoms with E-state index in [1.165, 1.54) is 17.9 Å². The van der Waals surface area contributed by atoms with E-state index in [1.54, 1.807) is 13.8 Å². The van der Waals surface area contributed by atoms with Gasteiger partial charge in [-0.05, 0) is 13.8 Å². The number of nitrogens with zero attached hydrogens (tertiary/aromatic N) is 4. The standard InChI is InChI=1S/C11H14F3N5O2S/c1-7(2)19-5-8(4-15-19)22(20,21)17-9-6-18(3)16-10(9)11(12,13)14/h4-7,17H,1-3H3. The number of aromatic nitrogens is 4. The molecule has 11 heteroatoms. The number of aryl methyl sites for hydroxylation is 1. The van der Waals surface area contributed by atoms with Crippen molar-refractivity contribution in [3.63, 3.8) is 0 Å². The smallest absolute Gasteiger partial charge is 0.276 e. The third kappa shape index (κ3) is 3.24. The van der Waals surface area contributed by atoms with E-state index in [0.717, 1.165) is 17.1 Å². The molecule has 0 aliphatic rings. The second-order valence-electron chi connectivity index (χ2n) is 4.92. The zero-order valence-corrected chi connectivity index (χ0v) is 12.8. The number of hydrogen-bond donors (Lipinski definition) is 1. The number of anilines is 1. The summed E-state index contributed by atoms with van der Waals surface area (Å²) in [4.78, 5) is -0.224. The molecule has 0 spiro atoms. The Morgan fingerprint density at radius 3 is 2.41 bits per heavy atom. The number of alkyl halides is 3. The Morgan fingerprint density at radius 1 is 1.27 bits per heavy atom. The van der Waals surface area contributed by atoms with Gasteiger partial charge in [-0.15, -0.1) is 0 Å². The van der Waals surface area contributed by atoms with E-state index in [4.69, 9.17) is 0 Å². The molecule has 2 heterocycles. The highest BCUT2D eigenvalue weighted by Crippen LogP contribution is 2.34. The molecule has 0 bridgehead atoms. The quantitative estimate of drug-likeness (QED) is 0.925. The average Bonchev–Trinajstić information content (AvgIpc) is 2.94. The molecular formula is C11H14F3N5O2S. The predicted molar refractivity (Wildman–Crippen MR) is 71.6 cm³/mol. The Kier molecular flexibility index (Phi) is 3.94. The largest absolute Gasteiger partial charge is 0.437 e. The van der Waals surface area contributed by atoms with Gasteiger partial charge in [0, 0.05) is 25.5 Å². The second-order valence-corrected chi connectivity index (χ2v) is 6.60. The summed E-state index contributed by atoms with van der Waals surface area (Å²) in [7, 11) is -2.91. The fourth-order valence-corrected chi connectivity index (χ4v) is 2.71. The SMILES string of the molecule is CC(C)n1cc(S(=O)(=O)Nc2cn(C)nc2C(F)(F)F)cn1. The minimum atomic E-state index is -4.76. The molecule has 0 fully saturated rings. The van der Waals surface area contributed by atoms with Gasteiger partial charge in [0.25, 0.3) is 10.0 Å². The van der Waals surface area contributed by atoms with Gasteiger partial charge in [0.1, 0.15) is 4.90 Å². The average molecular weight is 337 g/mol. The molecule has 0 atom stereocenters. The van der Waals surface area contributed by atoms with Gasteiger partial charge in [-0.25, -0.2) is 8.42 Å². The number of nitrogens with one attached hydrogen (secondary N) is 1. The van der Waals surface area contributed by atoms with Crippen LogP contribution in [0.2, 0.25) is 0 Å². The van der Waals surface area contributed by atoms with Crippen LogP contribution in [0.3, 0.4) is 0 Å². The van der Waals surface area contributed by atoms with Crippen molar-refractivity contribution in [2.75, 3.05) is 4.72 Å². The second kappa shape index (κ2) is 5.30. The van der Waals surface area contributed by atoms with Gasteiger partial charge in [0.2, 0.25) is 0 Å². The van der Waals surface area contributed by atoms with Gasteiger partial charge in [-0.2, -0.15) is 23.4 Å². The maximum Gasteiger partial charge on any atom is 0.437 e. The van der Waals surface area contributed by atoms with Gasteiger partial charge < -0.3 is 0 Å². The molecular weight excluding hydrogens is 323 g/mol. The Labute approximate surface area is 124 Å². The van der Waals surface area contributed by atoms with Gasteiger partial charge in [0.15, 0.2) is 5.69 Å². The van der Waals surface area contributed by atoms with E-state index in [9.17, 15) is 21.6 Å². The topological polar surface area (TPSA) is 81.8 Å². The van der Waals surface area contributed by atoms with E-state index < -0.39 is 27.6 Å². The van der Waals surface area contributed by atoms with Gasteiger partial charge in [0.05, 0.1) is 11.9 Å². The molecule has 0 radical (unpaired) electrons. The fourth-order valence-electron chi connectivity index (χ4n) is 1.72. The van der Waals surface area contributed by atoms with E-state index in [0.29, 0.717) is 0 Å². The molecule has 1 N–H and O–H groups in total. The van der Waals surface area contributed by atoms with E-state index >= 15 is 0 Å². The van der Waals surface area contributed by atoms with Crippen LogP contribution in [0.5, 0.6) is 0 Å². The highest BCUT2D eigenvalue weighted by Gasteiger charge is 2.38. The van der Waals surface area contributed by atoms with Gasteiger partial charge in [-0.1, -0.05) is 0 Å². The molecule has 0 saturated carbocycles. The molecule has 0 aliphatic carbocycles. The lowest BCUT2D eigenvalue weighted by Crippen LogP contribution is -2.16. The van der Waals surface area contributed by atoms with Crippen LogP contribution in [-0.4, -0.2) is 28.0 Å². The maximum atomic E-state index is 12.8. The first-order chi connectivity index (χ1) is 10.0. The Balaban J connectivity index is 2.37. The van der Waals surface area contributed by atoms with Gasteiger partial charge >= 0.3 is 6.18 Å². The zero-order valence-electron chi connectivity index (χ0n) is 12.0. The van der Waals surface area contributed by atoms with Crippen molar-refractivity contribution in [1.29, 1.82) is 0 Å². The van der Waals surface area contributed by atoms with Crippen molar-refractivity contribution in [2.45, 2.75) is 31.0 Å². The van der Waals surface area contributed by atoms with Crippen LogP contribution in [0.25, 0.3) is 0 Å². The summed E-state index contributed by atoms with van der Waals surface area (Å²) in [6.45, 7) is 3.58. The lowest BCUT2D eigenvalue weighted by atomic mass is 10.4. The van der Waals surface area contributed by atoms with Crippen LogP contribution < -0.4 is 4.72 Å². The molecule has 0 saturated heterocycles. The van der Waals surface area contributed by atoms with Crippen molar-refractivity contribution < 1.29 is 21.6 Å². The monoisotopic (exact) mass is 337 g/mol. The molecule has 2 aromatic rings. The molecule has 2 rings (SSSR count). The third-order valence-corrected chi connectivity index (χ3v) is 4.08. The normalized spacial score (nSPS) is 12.9. The fraction of sp³-hybridized carbons (Fsp3) is 0.455. The van der Waals surface area contributed by atoms with Crippen LogP contribution >= 0.6 is 0 Å². The maximum absolute atomic E-state index is 12.8. The number of rotatable bonds is 4. The number of sulfonamides is 1. The number of hydrogen-bond acceptors (Lipinski definition) is 4. The molecule has 0 unspecified atom stereocenters. The van der Waals surface area contributed by atoms with Crippen LogP contribution in [0.1, 0.15) is 25.6 Å². The lowest BCUT2D eigenvalue weighted by Gasteiger charge is -2.08. The van der Waals surface area contributed by atoms with E-state index in [1.807, 2.05) is 4.72 Å². The summed E-state index contributed by atoms with van der Waals surface area (Å²) in [6.07, 6.45) is -1.49. The number of halogens is 3. The molecule has 7 nitrogen and oxygen atoms in total. The van der Waals surface area contributed by atoms with Crippen LogP contribution in [0, 0.1) is 0 Å². The summed E-state index contributed by atoms with van der Waals surface area (Å²) < 4.78 is 67.0.